The van der Waals surface area contributed by atoms with Gasteiger partial charge in [-0.3, -0.25) is 9.69 Å². The number of hydrogen-bond donors (Lipinski definition) is 1. The molecular weight excluding hydrogens is 351 g/mol. The molecule has 2 aromatic rings. The second-order valence-corrected chi connectivity index (χ2v) is 7.67. The maximum absolute atomic E-state index is 13.2. The van der Waals surface area contributed by atoms with Crippen LogP contribution >= 0.6 is 11.6 Å². The number of piperidine rings is 1. The quantitative estimate of drug-likeness (QED) is 0.887. The van der Waals surface area contributed by atoms with Gasteiger partial charge in [0.05, 0.1) is 10.6 Å². The summed E-state index contributed by atoms with van der Waals surface area (Å²) in [6.45, 7) is 1.92. The van der Waals surface area contributed by atoms with Gasteiger partial charge in [0.15, 0.2) is 0 Å². The first-order valence-electron chi connectivity index (χ1n) is 9.17. The number of halogens is 2. The molecule has 0 saturated carbocycles. The van der Waals surface area contributed by atoms with Crippen LogP contribution in [-0.4, -0.2) is 36.0 Å². The molecule has 4 rings (SSSR count). The summed E-state index contributed by atoms with van der Waals surface area (Å²) in [5, 5.41) is 3.24. The zero-order chi connectivity index (χ0) is 18.1. The van der Waals surface area contributed by atoms with Crippen LogP contribution < -0.4 is 5.32 Å². The lowest BCUT2D eigenvalue weighted by molar-refractivity contribution is 0.0876. The standard InChI is InChI=1S/C21H22ClFN2O/c22-20-12-16(23)7-8-19(20)21(26)24-17-6-3-9-25(13-17)18-10-14-4-1-2-5-15(14)11-18/h1-2,4-5,7-8,12,17-18H,3,6,9-11,13H2,(H,24,26)/t17-/m1/s1. The van der Waals surface area contributed by atoms with E-state index in [1.165, 1.54) is 29.3 Å². The van der Waals surface area contributed by atoms with Gasteiger partial charge in [-0.2, -0.15) is 0 Å². The molecule has 26 heavy (non-hydrogen) atoms. The molecule has 1 N–H and O–H groups in total. The van der Waals surface area contributed by atoms with Crippen molar-refractivity contribution in [2.45, 2.75) is 37.8 Å². The third-order valence-electron chi connectivity index (χ3n) is 5.51. The monoisotopic (exact) mass is 372 g/mol. The largest absolute Gasteiger partial charge is 0.348 e. The molecule has 0 radical (unpaired) electrons. The highest BCUT2D eigenvalue weighted by Gasteiger charge is 2.31. The van der Waals surface area contributed by atoms with E-state index in [0.29, 0.717) is 11.6 Å². The van der Waals surface area contributed by atoms with E-state index in [1.54, 1.807) is 0 Å². The molecule has 0 aromatic heterocycles. The molecule has 1 saturated heterocycles. The minimum absolute atomic E-state index is 0.0982. The maximum atomic E-state index is 13.2. The van der Waals surface area contributed by atoms with Gasteiger partial charge in [-0.1, -0.05) is 35.9 Å². The summed E-state index contributed by atoms with van der Waals surface area (Å²) in [5.41, 5.74) is 3.22. The van der Waals surface area contributed by atoms with Crippen LogP contribution in [0.3, 0.4) is 0 Å². The van der Waals surface area contributed by atoms with E-state index in [2.05, 4.69) is 34.5 Å². The molecule has 1 heterocycles. The van der Waals surface area contributed by atoms with Crippen molar-refractivity contribution in [2.75, 3.05) is 13.1 Å². The van der Waals surface area contributed by atoms with E-state index in [4.69, 9.17) is 11.6 Å². The molecule has 0 spiro atoms. The molecule has 5 heteroatoms. The van der Waals surface area contributed by atoms with Gasteiger partial charge >= 0.3 is 0 Å². The molecule has 1 amide bonds. The van der Waals surface area contributed by atoms with Gasteiger partial charge in [0.25, 0.3) is 5.91 Å². The van der Waals surface area contributed by atoms with E-state index in [0.717, 1.165) is 38.8 Å². The molecule has 1 aliphatic heterocycles. The van der Waals surface area contributed by atoms with Crippen LogP contribution in [0.4, 0.5) is 4.39 Å². The summed E-state index contributed by atoms with van der Waals surface area (Å²) in [6, 6.07) is 13.1. The lowest BCUT2D eigenvalue weighted by atomic mass is 10.0. The molecule has 2 aromatic carbocycles. The lowest BCUT2D eigenvalue weighted by Crippen LogP contribution is -2.51. The molecule has 136 valence electrons. The fourth-order valence-corrected chi connectivity index (χ4v) is 4.44. The van der Waals surface area contributed by atoms with Gasteiger partial charge in [0, 0.05) is 18.6 Å². The van der Waals surface area contributed by atoms with Crippen LogP contribution in [0.25, 0.3) is 0 Å². The Labute approximate surface area is 158 Å². The van der Waals surface area contributed by atoms with Crippen LogP contribution in [0.2, 0.25) is 5.02 Å². The molecule has 1 atom stereocenters. The predicted molar refractivity (Wildman–Crippen MR) is 101 cm³/mol. The van der Waals surface area contributed by atoms with Crippen LogP contribution in [-0.2, 0) is 12.8 Å². The number of nitrogens with zero attached hydrogens (tertiary/aromatic N) is 1. The van der Waals surface area contributed by atoms with Gasteiger partial charge in [0.2, 0.25) is 0 Å². The summed E-state index contributed by atoms with van der Waals surface area (Å²) in [4.78, 5) is 15.0. The number of likely N-dealkylation sites (tertiary alicyclic amines) is 1. The van der Waals surface area contributed by atoms with Crippen molar-refractivity contribution < 1.29 is 9.18 Å². The second-order valence-electron chi connectivity index (χ2n) is 7.26. The lowest BCUT2D eigenvalue weighted by Gasteiger charge is -2.37. The Bertz CT molecular complexity index is 800. The number of amides is 1. The smallest absolute Gasteiger partial charge is 0.253 e. The average molecular weight is 373 g/mol. The van der Waals surface area contributed by atoms with Crippen LogP contribution in [0.1, 0.15) is 34.3 Å². The summed E-state index contributed by atoms with van der Waals surface area (Å²) in [5.74, 6) is -0.659. The van der Waals surface area contributed by atoms with E-state index in [1.807, 2.05) is 0 Å². The Hall–Kier alpha value is -1.91. The number of rotatable bonds is 3. The fourth-order valence-electron chi connectivity index (χ4n) is 4.19. The van der Waals surface area contributed by atoms with Crippen LogP contribution in [0.5, 0.6) is 0 Å². The Morgan fingerprint density at radius 3 is 2.58 bits per heavy atom. The highest BCUT2D eigenvalue weighted by molar-refractivity contribution is 6.33. The third-order valence-corrected chi connectivity index (χ3v) is 5.82. The fraction of sp³-hybridized carbons (Fsp3) is 0.381. The number of benzene rings is 2. The Morgan fingerprint density at radius 1 is 1.15 bits per heavy atom. The zero-order valence-electron chi connectivity index (χ0n) is 14.6. The van der Waals surface area contributed by atoms with E-state index >= 15 is 0 Å². The minimum atomic E-state index is -0.434. The first kappa shape index (κ1) is 17.5. The molecule has 1 aliphatic carbocycles. The molecule has 2 aliphatic rings. The Morgan fingerprint density at radius 2 is 1.88 bits per heavy atom. The zero-order valence-corrected chi connectivity index (χ0v) is 15.3. The first-order chi connectivity index (χ1) is 12.6. The average Bonchev–Trinajstić information content (AvgIpc) is 3.06. The summed E-state index contributed by atoms with van der Waals surface area (Å²) < 4.78 is 13.2. The van der Waals surface area contributed by atoms with Crippen molar-refractivity contribution in [1.82, 2.24) is 10.2 Å². The Kier molecular flexibility index (Phi) is 4.96. The van der Waals surface area contributed by atoms with Gasteiger partial charge in [0.1, 0.15) is 5.82 Å². The number of carbonyl (C=O) groups is 1. The minimum Gasteiger partial charge on any atom is -0.348 e. The SMILES string of the molecule is O=C(N[C@@H]1CCCN(C2Cc3ccccc3C2)C1)c1ccc(F)cc1Cl. The van der Waals surface area contributed by atoms with Crippen molar-refractivity contribution >= 4 is 17.5 Å². The number of fused-ring (bicyclic) bond motifs is 1. The van der Waals surface area contributed by atoms with Crippen molar-refractivity contribution in [2.24, 2.45) is 0 Å². The predicted octanol–water partition coefficient (Wildman–Crippen LogP) is 3.84. The molecule has 3 nitrogen and oxygen atoms in total. The summed E-state index contributed by atoms with van der Waals surface area (Å²) in [6.07, 6.45) is 4.19. The van der Waals surface area contributed by atoms with Crippen molar-refractivity contribution in [3.63, 3.8) is 0 Å². The van der Waals surface area contributed by atoms with E-state index in [-0.39, 0.29) is 17.0 Å². The van der Waals surface area contributed by atoms with E-state index < -0.39 is 5.82 Å². The van der Waals surface area contributed by atoms with Crippen LogP contribution in [0.15, 0.2) is 42.5 Å². The van der Waals surface area contributed by atoms with Crippen molar-refractivity contribution in [1.29, 1.82) is 0 Å². The number of hydrogen-bond acceptors (Lipinski definition) is 2. The molecule has 1 fully saturated rings. The summed E-state index contributed by atoms with van der Waals surface area (Å²) >= 11 is 6.01. The first-order valence-corrected chi connectivity index (χ1v) is 9.54. The normalized spacial score (nSPS) is 20.8. The maximum Gasteiger partial charge on any atom is 0.253 e. The third kappa shape index (κ3) is 3.62. The van der Waals surface area contributed by atoms with Crippen molar-refractivity contribution in [3.05, 3.63) is 70.0 Å². The van der Waals surface area contributed by atoms with Gasteiger partial charge < -0.3 is 5.32 Å². The van der Waals surface area contributed by atoms with Crippen molar-refractivity contribution in [3.8, 4) is 0 Å². The van der Waals surface area contributed by atoms with E-state index in [9.17, 15) is 9.18 Å². The molecule has 0 bridgehead atoms. The summed E-state index contributed by atoms with van der Waals surface area (Å²) in [7, 11) is 0. The second kappa shape index (κ2) is 7.37. The van der Waals surface area contributed by atoms with Gasteiger partial charge in [-0.15, -0.1) is 0 Å². The topological polar surface area (TPSA) is 32.3 Å². The number of nitrogens with one attached hydrogen (secondary N) is 1. The molecule has 0 unspecified atom stereocenters. The highest BCUT2D eigenvalue weighted by Crippen LogP contribution is 2.27. The van der Waals surface area contributed by atoms with Crippen LogP contribution in [0, 0.1) is 5.82 Å². The van der Waals surface area contributed by atoms with Gasteiger partial charge in [-0.25, -0.2) is 4.39 Å². The molecular formula is C21H22ClFN2O. The number of carbonyl (C=O) groups excluding carboxylic acids is 1. The Balaban J connectivity index is 1.39. The highest BCUT2D eigenvalue weighted by atomic mass is 35.5. The van der Waals surface area contributed by atoms with Gasteiger partial charge in [-0.05, 0) is 61.6 Å².